The van der Waals surface area contributed by atoms with Gasteiger partial charge < -0.3 is 9.64 Å². The normalized spacial score (nSPS) is 37.1. The maximum Gasteiger partial charge on any atom is 0.116 e. The van der Waals surface area contributed by atoms with Gasteiger partial charge in [-0.25, -0.2) is 0 Å². The van der Waals surface area contributed by atoms with Crippen molar-refractivity contribution in [2.24, 2.45) is 5.92 Å². The second-order valence-electron chi connectivity index (χ2n) is 5.81. The minimum atomic E-state index is -0.0509. The van der Waals surface area contributed by atoms with Gasteiger partial charge in [0.2, 0.25) is 0 Å². The summed E-state index contributed by atoms with van der Waals surface area (Å²) in [5, 5.41) is 3.48. The zero-order valence-electron chi connectivity index (χ0n) is 11.0. The Bertz CT molecular complexity index is 224. The molecule has 0 aliphatic carbocycles. The molecule has 0 aromatic heterocycles. The Morgan fingerprint density at radius 2 is 2.31 bits per heavy atom. The van der Waals surface area contributed by atoms with Crippen LogP contribution >= 0.6 is 0 Å². The van der Waals surface area contributed by atoms with Crippen LogP contribution in [-0.4, -0.2) is 42.9 Å². The van der Waals surface area contributed by atoms with E-state index in [0.717, 1.165) is 25.5 Å². The van der Waals surface area contributed by atoms with E-state index in [1.54, 1.807) is 0 Å². The number of rotatable bonds is 3. The average Bonchev–Trinajstić information content (AvgIpc) is 2.65. The lowest BCUT2D eigenvalue weighted by atomic mass is 9.89. The van der Waals surface area contributed by atoms with Gasteiger partial charge in [-0.1, -0.05) is 0 Å². The highest BCUT2D eigenvalue weighted by atomic mass is 16.5. The maximum atomic E-state index is 5.81. The zero-order valence-corrected chi connectivity index (χ0v) is 11.0. The highest BCUT2D eigenvalue weighted by Crippen LogP contribution is 2.28. The second kappa shape index (κ2) is 5.03. The molecule has 2 unspecified atom stereocenters. The molecule has 0 radical (unpaired) electrons. The number of hydrogen-bond acceptors (Lipinski definition) is 3. The topological polar surface area (TPSA) is 24.5 Å². The molecule has 2 rings (SSSR count). The van der Waals surface area contributed by atoms with Crippen LogP contribution in [0.1, 0.15) is 40.0 Å². The van der Waals surface area contributed by atoms with Crippen molar-refractivity contribution in [1.82, 2.24) is 10.2 Å². The van der Waals surface area contributed by atoms with Gasteiger partial charge in [-0.2, -0.15) is 0 Å². The quantitative estimate of drug-likeness (QED) is 0.794. The first-order chi connectivity index (χ1) is 7.59. The van der Waals surface area contributed by atoms with Crippen LogP contribution in [-0.2, 0) is 4.74 Å². The van der Waals surface area contributed by atoms with Gasteiger partial charge in [0.15, 0.2) is 0 Å². The summed E-state index contributed by atoms with van der Waals surface area (Å²) in [6, 6.07) is 0.688. The molecule has 0 aromatic carbocycles. The molecule has 2 fully saturated rings. The van der Waals surface area contributed by atoms with E-state index in [4.69, 9.17) is 4.74 Å². The van der Waals surface area contributed by atoms with Crippen molar-refractivity contribution in [3.05, 3.63) is 0 Å². The van der Waals surface area contributed by atoms with Gasteiger partial charge in [0, 0.05) is 19.1 Å². The third-order valence-electron chi connectivity index (χ3n) is 3.98. The molecular formula is C13H26N2O. The van der Waals surface area contributed by atoms with E-state index in [1.807, 2.05) is 0 Å². The van der Waals surface area contributed by atoms with Crippen LogP contribution in [0.2, 0.25) is 0 Å². The Hall–Kier alpha value is -0.120. The van der Waals surface area contributed by atoms with E-state index in [1.165, 1.54) is 25.9 Å². The van der Waals surface area contributed by atoms with Crippen molar-refractivity contribution in [1.29, 1.82) is 0 Å². The van der Waals surface area contributed by atoms with Crippen LogP contribution < -0.4 is 5.32 Å². The van der Waals surface area contributed by atoms with Gasteiger partial charge >= 0.3 is 0 Å². The summed E-state index contributed by atoms with van der Waals surface area (Å²) in [7, 11) is 0. The van der Waals surface area contributed by atoms with Crippen molar-refractivity contribution >= 4 is 0 Å². The van der Waals surface area contributed by atoms with Crippen molar-refractivity contribution in [3.8, 4) is 0 Å². The summed E-state index contributed by atoms with van der Waals surface area (Å²) < 4.78 is 5.81. The second-order valence-corrected chi connectivity index (χ2v) is 5.81. The lowest BCUT2D eigenvalue weighted by molar-refractivity contribution is -0.0244. The molecule has 0 amide bonds. The molecule has 1 N–H and O–H groups in total. The van der Waals surface area contributed by atoms with E-state index < -0.39 is 0 Å². The molecule has 16 heavy (non-hydrogen) atoms. The van der Waals surface area contributed by atoms with Gasteiger partial charge in [0.1, 0.15) is 5.72 Å². The average molecular weight is 226 g/mol. The Balaban J connectivity index is 1.85. The Morgan fingerprint density at radius 3 is 2.94 bits per heavy atom. The third-order valence-corrected chi connectivity index (χ3v) is 3.98. The van der Waals surface area contributed by atoms with E-state index in [2.05, 4.69) is 31.0 Å². The number of nitrogens with one attached hydrogen (secondary N) is 1. The first-order valence-corrected chi connectivity index (χ1v) is 6.72. The highest BCUT2D eigenvalue weighted by molar-refractivity contribution is 4.84. The third kappa shape index (κ3) is 2.96. The maximum absolute atomic E-state index is 5.81. The minimum Gasteiger partial charge on any atom is -0.360 e. The standard InChI is InChI=1S/C13H26N2O/c1-11(2)15-7-4-5-12(10-15)9-13(3)14-6-8-16-13/h11-12,14H,4-10H2,1-3H3. The summed E-state index contributed by atoms with van der Waals surface area (Å²) in [6.07, 6.45) is 3.87. The molecule has 0 saturated carbocycles. The summed E-state index contributed by atoms with van der Waals surface area (Å²) in [5.74, 6) is 0.798. The molecule has 0 bridgehead atoms. The Kier molecular flexibility index (Phi) is 3.88. The van der Waals surface area contributed by atoms with E-state index in [0.29, 0.717) is 6.04 Å². The van der Waals surface area contributed by atoms with Crippen molar-refractivity contribution in [2.45, 2.75) is 51.8 Å². The summed E-state index contributed by atoms with van der Waals surface area (Å²) in [4.78, 5) is 2.60. The Morgan fingerprint density at radius 1 is 1.50 bits per heavy atom. The molecule has 0 aromatic rings. The van der Waals surface area contributed by atoms with Crippen LogP contribution in [0.5, 0.6) is 0 Å². The number of hydrogen-bond donors (Lipinski definition) is 1. The van der Waals surface area contributed by atoms with Crippen molar-refractivity contribution < 1.29 is 4.74 Å². The van der Waals surface area contributed by atoms with Crippen LogP contribution in [0.25, 0.3) is 0 Å². The van der Waals surface area contributed by atoms with Gasteiger partial charge in [0.25, 0.3) is 0 Å². The van der Waals surface area contributed by atoms with Gasteiger partial charge in [-0.15, -0.1) is 0 Å². The smallest absolute Gasteiger partial charge is 0.116 e. The van der Waals surface area contributed by atoms with Crippen LogP contribution in [0.15, 0.2) is 0 Å². The SMILES string of the molecule is CC(C)N1CCCC(CC2(C)NCCO2)C1. The minimum absolute atomic E-state index is 0.0509. The van der Waals surface area contributed by atoms with Gasteiger partial charge in [-0.05, 0) is 52.5 Å². The van der Waals surface area contributed by atoms with Crippen LogP contribution in [0.4, 0.5) is 0 Å². The molecule has 2 aliphatic rings. The van der Waals surface area contributed by atoms with Gasteiger partial charge in [0.05, 0.1) is 6.61 Å². The highest BCUT2D eigenvalue weighted by Gasteiger charge is 2.34. The summed E-state index contributed by atoms with van der Waals surface area (Å²) >= 11 is 0. The van der Waals surface area contributed by atoms with E-state index in [9.17, 15) is 0 Å². The summed E-state index contributed by atoms with van der Waals surface area (Å²) in [6.45, 7) is 11.2. The predicted molar refractivity (Wildman–Crippen MR) is 66.4 cm³/mol. The van der Waals surface area contributed by atoms with Crippen LogP contribution in [0.3, 0.4) is 0 Å². The largest absolute Gasteiger partial charge is 0.360 e. The number of likely N-dealkylation sites (tertiary alicyclic amines) is 1. The predicted octanol–water partition coefficient (Wildman–Crippen LogP) is 1.83. The van der Waals surface area contributed by atoms with E-state index >= 15 is 0 Å². The first kappa shape index (κ1) is 12.3. The molecule has 3 nitrogen and oxygen atoms in total. The first-order valence-electron chi connectivity index (χ1n) is 6.72. The lowest BCUT2D eigenvalue weighted by Gasteiger charge is -2.38. The number of ether oxygens (including phenoxy) is 1. The van der Waals surface area contributed by atoms with Crippen molar-refractivity contribution in [3.63, 3.8) is 0 Å². The molecule has 94 valence electrons. The Labute approximate surface area is 99.5 Å². The monoisotopic (exact) mass is 226 g/mol. The fraction of sp³-hybridized carbons (Fsp3) is 1.00. The molecule has 2 heterocycles. The van der Waals surface area contributed by atoms with Crippen LogP contribution in [0, 0.1) is 5.92 Å². The van der Waals surface area contributed by atoms with Crippen molar-refractivity contribution in [2.75, 3.05) is 26.2 Å². The molecule has 2 atom stereocenters. The molecule has 0 spiro atoms. The summed E-state index contributed by atoms with van der Waals surface area (Å²) in [5.41, 5.74) is -0.0509. The molecule has 3 heteroatoms. The lowest BCUT2D eigenvalue weighted by Crippen LogP contribution is -2.45. The molecule has 2 aliphatic heterocycles. The van der Waals surface area contributed by atoms with Gasteiger partial charge in [-0.3, -0.25) is 5.32 Å². The molecular weight excluding hydrogens is 200 g/mol. The molecule has 2 saturated heterocycles. The number of piperidine rings is 1. The zero-order chi connectivity index (χ0) is 11.6. The fourth-order valence-corrected chi connectivity index (χ4v) is 3.06. The number of nitrogens with zero attached hydrogens (tertiary/aromatic N) is 1. The van der Waals surface area contributed by atoms with E-state index in [-0.39, 0.29) is 5.72 Å². The fourth-order valence-electron chi connectivity index (χ4n) is 3.06.